The molecular weight excluding hydrogens is 363 g/mol. The van der Waals surface area contributed by atoms with Gasteiger partial charge in [-0.3, -0.25) is 0 Å². The molecule has 0 aliphatic heterocycles. The van der Waals surface area contributed by atoms with E-state index < -0.39 is 0 Å². The van der Waals surface area contributed by atoms with E-state index in [4.69, 9.17) is 9.47 Å². The smallest absolute Gasteiger partial charge is 0.188 e. The lowest BCUT2D eigenvalue weighted by atomic mass is 9.98. The second-order valence-corrected chi connectivity index (χ2v) is 5.15. The quantitative estimate of drug-likeness (QED) is 0.534. The van der Waals surface area contributed by atoms with Crippen LogP contribution in [-0.4, -0.2) is 13.9 Å². The van der Waals surface area contributed by atoms with Crippen LogP contribution in [0, 0.1) is 6.92 Å². The van der Waals surface area contributed by atoms with E-state index in [1.165, 1.54) is 11.1 Å². The van der Waals surface area contributed by atoms with E-state index in [0.717, 1.165) is 16.9 Å². The minimum atomic E-state index is 0.249. The van der Waals surface area contributed by atoms with Crippen LogP contribution in [0.2, 0.25) is 0 Å². The average molecular weight is 380 g/mol. The van der Waals surface area contributed by atoms with Gasteiger partial charge in [0, 0.05) is 12.7 Å². The normalized spacial score (nSPS) is 10.9. The lowest BCUT2D eigenvalue weighted by Gasteiger charge is -2.13. The summed E-state index contributed by atoms with van der Waals surface area (Å²) in [4.78, 5) is 0. The Labute approximate surface area is 133 Å². The van der Waals surface area contributed by atoms with Gasteiger partial charge < -0.3 is 9.47 Å². The summed E-state index contributed by atoms with van der Waals surface area (Å²) in [5, 5.41) is 0. The molecule has 2 aromatic carbocycles. The Morgan fingerprint density at radius 2 is 1.85 bits per heavy atom. The fourth-order valence-corrected chi connectivity index (χ4v) is 2.37. The zero-order valence-electron chi connectivity index (χ0n) is 11.6. The van der Waals surface area contributed by atoms with Crippen molar-refractivity contribution in [1.82, 2.24) is 0 Å². The van der Waals surface area contributed by atoms with Gasteiger partial charge in [0.25, 0.3) is 0 Å². The second-order valence-electron chi connectivity index (χ2n) is 4.43. The highest BCUT2D eigenvalue weighted by Gasteiger charge is 2.08. The predicted octanol–water partition coefficient (Wildman–Crippen LogP) is 5.05. The molecule has 0 aliphatic carbocycles. The van der Waals surface area contributed by atoms with Crippen molar-refractivity contribution in [1.29, 1.82) is 0 Å². The zero-order chi connectivity index (χ0) is 14.4. The fourth-order valence-electron chi connectivity index (χ4n) is 2.01. The molecule has 0 atom stereocenters. The molecule has 0 bridgehead atoms. The Balaban J connectivity index is 2.48. The number of hydrogen-bond donors (Lipinski definition) is 0. The van der Waals surface area contributed by atoms with Crippen LogP contribution in [0.4, 0.5) is 0 Å². The van der Waals surface area contributed by atoms with E-state index in [9.17, 15) is 0 Å². The molecule has 0 radical (unpaired) electrons. The lowest BCUT2D eigenvalue weighted by Crippen LogP contribution is -2.01. The van der Waals surface area contributed by atoms with E-state index in [1.807, 2.05) is 16.2 Å². The molecule has 0 heterocycles. The SMILES string of the molecule is COCOc1cccc(-c2ccc(C)cc2)c1C=CI. The third kappa shape index (κ3) is 3.61. The van der Waals surface area contributed by atoms with Crippen molar-refractivity contribution in [2.24, 2.45) is 0 Å². The molecule has 0 aliphatic rings. The van der Waals surface area contributed by atoms with Crippen LogP contribution in [0.3, 0.4) is 0 Å². The number of hydrogen-bond acceptors (Lipinski definition) is 2. The maximum absolute atomic E-state index is 5.65. The molecule has 0 aromatic heterocycles. The summed E-state index contributed by atoms with van der Waals surface area (Å²) in [7, 11) is 1.62. The highest BCUT2D eigenvalue weighted by Crippen LogP contribution is 2.32. The molecule has 104 valence electrons. The summed E-state index contributed by atoms with van der Waals surface area (Å²) in [5.41, 5.74) is 4.67. The molecule has 2 nitrogen and oxygen atoms in total. The first-order valence-corrected chi connectivity index (χ1v) is 7.59. The van der Waals surface area contributed by atoms with Gasteiger partial charge in [-0.05, 0) is 34.3 Å². The summed E-state index contributed by atoms with van der Waals surface area (Å²) < 4.78 is 12.6. The minimum absolute atomic E-state index is 0.249. The van der Waals surface area contributed by atoms with Crippen LogP contribution >= 0.6 is 22.6 Å². The van der Waals surface area contributed by atoms with Crippen LogP contribution in [0.25, 0.3) is 17.2 Å². The molecule has 2 rings (SSSR count). The van der Waals surface area contributed by atoms with Crippen molar-refractivity contribution in [3.8, 4) is 16.9 Å². The average Bonchev–Trinajstić information content (AvgIpc) is 2.47. The fraction of sp³-hybridized carbons (Fsp3) is 0.176. The first-order chi connectivity index (χ1) is 9.76. The van der Waals surface area contributed by atoms with Crippen LogP contribution in [0.5, 0.6) is 5.75 Å². The van der Waals surface area contributed by atoms with Crippen molar-refractivity contribution in [3.05, 3.63) is 57.7 Å². The Kier molecular flexibility index (Phi) is 5.61. The van der Waals surface area contributed by atoms with Gasteiger partial charge in [-0.15, -0.1) is 0 Å². The molecule has 0 saturated carbocycles. The van der Waals surface area contributed by atoms with Crippen molar-refractivity contribution in [2.45, 2.75) is 6.92 Å². The number of rotatable bonds is 5. The summed E-state index contributed by atoms with van der Waals surface area (Å²) >= 11 is 2.22. The maximum Gasteiger partial charge on any atom is 0.188 e. The number of methoxy groups -OCH3 is 1. The summed E-state index contributed by atoms with van der Waals surface area (Å²) in [6.45, 7) is 2.34. The Hall–Kier alpha value is -1.33. The van der Waals surface area contributed by atoms with Gasteiger partial charge in [0.2, 0.25) is 0 Å². The second kappa shape index (κ2) is 7.45. The number of ether oxygens (including phenoxy) is 2. The summed E-state index contributed by atoms with van der Waals surface area (Å²) in [5.74, 6) is 0.831. The van der Waals surface area contributed by atoms with Crippen LogP contribution in [-0.2, 0) is 4.74 Å². The standard InChI is InChI=1S/C17H17IO2/c1-13-6-8-14(9-7-13)15-4-3-5-17(20-12-19-2)16(15)10-11-18/h3-11H,12H2,1-2H3. The molecule has 3 heteroatoms. The predicted molar refractivity (Wildman–Crippen MR) is 92.2 cm³/mol. The third-order valence-electron chi connectivity index (χ3n) is 2.99. The van der Waals surface area contributed by atoms with Crippen LogP contribution < -0.4 is 4.74 Å². The highest BCUT2D eigenvalue weighted by molar-refractivity contribution is 14.1. The molecular formula is C17H17IO2. The van der Waals surface area contributed by atoms with E-state index >= 15 is 0 Å². The lowest BCUT2D eigenvalue weighted by molar-refractivity contribution is 0.0510. The van der Waals surface area contributed by atoms with Crippen molar-refractivity contribution >= 4 is 28.7 Å². The monoisotopic (exact) mass is 380 g/mol. The highest BCUT2D eigenvalue weighted by atomic mass is 127. The Morgan fingerprint density at radius 1 is 1.10 bits per heavy atom. The maximum atomic E-state index is 5.65. The van der Waals surface area contributed by atoms with Gasteiger partial charge in [0.05, 0.1) is 0 Å². The first-order valence-electron chi connectivity index (χ1n) is 6.35. The van der Waals surface area contributed by atoms with E-state index in [2.05, 4.69) is 65.9 Å². The van der Waals surface area contributed by atoms with Gasteiger partial charge in [-0.2, -0.15) is 0 Å². The largest absolute Gasteiger partial charge is 0.467 e. The first kappa shape index (κ1) is 15.1. The summed E-state index contributed by atoms with van der Waals surface area (Å²) in [6.07, 6.45) is 2.06. The van der Waals surface area contributed by atoms with Crippen molar-refractivity contribution in [2.75, 3.05) is 13.9 Å². The minimum Gasteiger partial charge on any atom is -0.467 e. The van der Waals surface area contributed by atoms with Crippen molar-refractivity contribution in [3.63, 3.8) is 0 Å². The van der Waals surface area contributed by atoms with Crippen molar-refractivity contribution < 1.29 is 9.47 Å². The summed E-state index contributed by atoms with van der Waals surface area (Å²) in [6, 6.07) is 14.6. The van der Waals surface area contributed by atoms with E-state index in [0.29, 0.717) is 0 Å². The van der Waals surface area contributed by atoms with Gasteiger partial charge in [-0.25, -0.2) is 0 Å². The third-order valence-corrected chi connectivity index (χ3v) is 3.35. The number of halogens is 1. The van der Waals surface area contributed by atoms with Gasteiger partial charge in [-0.1, -0.05) is 64.6 Å². The Bertz CT molecular complexity index is 588. The molecule has 20 heavy (non-hydrogen) atoms. The molecule has 0 amide bonds. The molecule has 0 N–H and O–H groups in total. The van der Waals surface area contributed by atoms with E-state index in [1.54, 1.807) is 7.11 Å². The van der Waals surface area contributed by atoms with Gasteiger partial charge >= 0.3 is 0 Å². The van der Waals surface area contributed by atoms with Gasteiger partial charge in [0.15, 0.2) is 6.79 Å². The molecule has 2 aromatic rings. The zero-order valence-corrected chi connectivity index (χ0v) is 13.8. The van der Waals surface area contributed by atoms with Crippen LogP contribution in [0.15, 0.2) is 46.5 Å². The number of benzene rings is 2. The number of aryl methyl sites for hydroxylation is 1. The van der Waals surface area contributed by atoms with Gasteiger partial charge in [0.1, 0.15) is 5.75 Å². The topological polar surface area (TPSA) is 18.5 Å². The van der Waals surface area contributed by atoms with Crippen LogP contribution in [0.1, 0.15) is 11.1 Å². The molecule has 0 fully saturated rings. The Morgan fingerprint density at radius 3 is 2.50 bits per heavy atom. The molecule has 0 saturated heterocycles. The van der Waals surface area contributed by atoms with E-state index in [-0.39, 0.29) is 6.79 Å². The molecule has 0 spiro atoms. The molecule has 0 unspecified atom stereocenters.